The van der Waals surface area contributed by atoms with Gasteiger partial charge < -0.3 is 29.7 Å². The highest BCUT2D eigenvalue weighted by Crippen LogP contribution is 2.36. The molecule has 3 N–H and O–H groups in total. The van der Waals surface area contributed by atoms with Gasteiger partial charge in [-0.1, -0.05) is 0 Å². The van der Waals surface area contributed by atoms with Crippen LogP contribution in [0, 0.1) is 0 Å². The number of rotatable bonds is 6. The zero-order valence-electron chi connectivity index (χ0n) is 20.8. The molecule has 1 aliphatic rings. The quantitative estimate of drug-likeness (QED) is 0.320. The molecule has 1 saturated heterocycles. The van der Waals surface area contributed by atoms with E-state index in [1.807, 2.05) is 26.1 Å². The molecule has 5 heterocycles. The predicted octanol–water partition coefficient (Wildman–Crippen LogP) is 2.61. The number of aromatic nitrogens is 7. The van der Waals surface area contributed by atoms with Crippen molar-refractivity contribution < 1.29 is 9.47 Å². The first-order valence-electron chi connectivity index (χ1n) is 12.1. The molecule has 1 aromatic carbocycles. The van der Waals surface area contributed by atoms with E-state index in [4.69, 9.17) is 14.5 Å². The minimum absolute atomic E-state index is 0.293. The minimum atomic E-state index is -0.296. The number of pyridine rings is 1. The van der Waals surface area contributed by atoms with Gasteiger partial charge in [-0.3, -0.25) is 9.48 Å². The molecule has 1 aliphatic heterocycles. The van der Waals surface area contributed by atoms with Crippen molar-refractivity contribution >= 4 is 33.4 Å². The highest BCUT2D eigenvalue weighted by molar-refractivity contribution is 5.97. The van der Waals surface area contributed by atoms with Crippen LogP contribution in [0.3, 0.4) is 0 Å². The summed E-state index contributed by atoms with van der Waals surface area (Å²) < 4.78 is 12.9. The van der Waals surface area contributed by atoms with Crippen LogP contribution in [0.2, 0.25) is 0 Å². The van der Waals surface area contributed by atoms with E-state index in [-0.39, 0.29) is 11.6 Å². The Balaban J connectivity index is 1.51. The van der Waals surface area contributed by atoms with E-state index in [9.17, 15) is 4.79 Å². The topological polar surface area (TPSA) is 139 Å². The maximum Gasteiger partial charge on any atom is 0.261 e. The highest BCUT2D eigenvalue weighted by atomic mass is 16.5. The Morgan fingerprint density at radius 1 is 1.11 bits per heavy atom. The zero-order valence-corrected chi connectivity index (χ0v) is 20.8. The number of morpholine rings is 1. The molecule has 0 unspecified atom stereocenters. The lowest BCUT2D eigenvalue weighted by Crippen LogP contribution is -2.36. The summed E-state index contributed by atoms with van der Waals surface area (Å²) in [6.45, 7) is 4.86. The molecule has 37 heavy (non-hydrogen) atoms. The highest BCUT2D eigenvalue weighted by Gasteiger charge is 2.24. The molecular weight excluding hydrogens is 474 g/mol. The van der Waals surface area contributed by atoms with Crippen molar-refractivity contribution in [3.8, 4) is 17.1 Å². The van der Waals surface area contributed by atoms with E-state index >= 15 is 0 Å². The van der Waals surface area contributed by atoms with Gasteiger partial charge in [-0.15, -0.1) is 0 Å². The van der Waals surface area contributed by atoms with E-state index in [2.05, 4.69) is 35.3 Å². The van der Waals surface area contributed by atoms with Crippen LogP contribution in [0.5, 0.6) is 5.75 Å². The summed E-state index contributed by atoms with van der Waals surface area (Å²) in [4.78, 5) is 35.5. The third-order valence-corrected chi connectivity index (χ3v) is 6.49. The van der Waals surface area contributed by atoms with Crippen LogP contribution < -0.4 is 20.5 Å². The van der Waals surface area contributed by atoms with Crippen molar-refractivity contribution in [3.05, 3.63) is 53.0 Å². The number of hydrogen-bond acceptors (Lipinski definition) is 9. The van der Waals surface area contributed by atoms with Gasteiger partial charge in [-0.25, -0.2) is 15.0 Å². The Morgan fingerprint density at radius 3 is 2.65 bits per heavy atom. The van der Waals surface area contributed by atoms with Gasteiger partial charge in [0.2, 0.25) is 0 Å². The Labute approximate surface area is 211 Å². The number of benzene rings is 1. The van der Waals surface area contributed by atoms with E-state index in [0.717, 1.165) is 24.3 Å². The molecule has 12 nitrogen and oxygen atoms in total. The largest absolute Gasteiger partial charge is 0.494 e. The standard InChI is InChI=1S/C25H27N9O3/c1-14(23-26-5-4-6-27-23)28-22-19(25(35)30-17-13-33(2)32-21(17)22)24-29-16-11-15(34-7-9-37-10-8-34)12-18(36-3)20(16)31-24/h4-6,11-14,28H,7-10H2,1-3H3,(H,29,31)(H,30,35)/t14-/m0/s1. The molecule has 0 bridgehead atoms. The minimum Gasteiger partial charge on any atom is -0.494 e. The molecule has 12 heteroatoms. The fraction of sp³-hybridized carbons (Fsp3) is 0.320. The molecule has 0 amide bonds. The maximum absolute atomic E-state index is 13.5. The van der Waals surface area contributed by atoms with Crippen molar-refractivity contribution in [2.75, 3.05) is 43.6 Å². The van der Waals surface area contributed by atoms with Crippen LogP contribution in [-0.2, 0) is 11.8 Å². The first-order chi connectivity index (χ1) is 18.0. The molecule has 6 rings (SSSR count). The maximum atomic E-state index is 13.5. The molecule has 4 aromatic heterocycles. The van der Waals surface area contributed by atoms with E-state index in [1.54, 1.807) is 36.4 Å². The van der Waals surface area contributed by atoms with E-state index < -0.39 is 0 Å². The Kier molecular flexibility index (Phi) is 5.72. The number of nitrogens with zero attached hydrogens (tertiary/aromatic N) is 6. The van der Waals surface area contributed by atoms with Crippen LogP contribution in [0.15, 0.2) is 41.6 Å². The SMILES string of the molecule is COc1cc(N2CCOCC2)cc2[nH]c(-c3c(N[C@@H](C)c4ncccn4)c4nn(C)cc4[nH]c3=O)nc12. The van der Waals surface area contributed by atoms with Crippen molar-refractivity contribution in [1.29, 1.82) is 0 Å². The fourth-order valence-electron chi connectivity index (χ4n) is 4.71. The Hall–Kier alpha value is -4.45. The van der Waals surface area contributed by atoms with Crippen molar-refractivity contribution in [3.63, 3.8) is 0 Å². The number of aromatic amines is 2. The summed E-state index contributed by atoms with van der Waals surface area (Å²) in [6, 6.07) is 5.47. The molecule has 0 radical (unpaired) electrons. The molecule has 0 aliphatic carbocycles. The number of H-pyrrole nitrogens is 2. The zero-order chi connectivity index (χ0) is 25.5. The lowest BCUT2D eigenvalue weighted by atomic mass is 10.1. The number of imidazole rings is 1. The molecule has 1 atom stereocenters. The van der Waals surface area contributed by atoms with Crippen LogP contribution in [0.4, 0.5) is 11.4 Å². The van der Waals surface area contributed by atoms with Crippen molar-refractivity contribution in [2.45, 2.75) is 13.0 Å². The smallest absolute Gasteiger partial charge is 0.261 e. The van der Waals surface area contributed by atoms with Gasteiger partial charge in [0.25, 0.3) is 5.56 Å². The van der Waals surface area contributed by atoms with Crippen molar-refractivity contribution in [1.82, 2.24) is 34.7 Å². The predicted molar refractivity (Wildman–Crippen MR) is 140 cm³/mol. The number of anilines is 2. The lowest BCUT2D eigenvalue weighted by Gasteiger charge is -2.29. The lowest BCUT2D eigenvalue weighted by molar-refractivity contribution is 0.122. The second kappa shape index (κ2) is 9.21. The second-order valence-electron chi connectivity index (χ2n) is 8.97. The summed E-state index contributed by atoms with van der Waals surface area (Å²) in [5.41, 5.74) is 4.23. The van der Waals surface area contributed by atoms with Gasteiger partial charge in [0.05, 0.1) is 43.1 Å². The van der Waals surface area contributed by atoms with Crippen molar-refractivity contribution in [2.24, 2.45) is 7.05 Å². The normalized spacial score (nSPS) is 14.8. The fourth-order valence-corrected chi connectivity index (χ4v) is 4.71. The third kappa shape index (κ3) is 4.14. The third-order valence-electron chi connectivity index (χ3n) is 6.49. The monoisotopic (exact) mass is 501 g/mol. The molecule has 0 spiro atoms. The molecular formula is C25H27N9O3. The summed E-state index contributed by atoms with van der Waals surface area (Å²) in [5, 5.41) is 8.03. The van der Waals surface area contributed by atoms with E-state index in [1.165, 1.54) is 0 Å². The first kappa shape index (κ1) is 23.0. The van der Waals surface area contributed by atoms with Crippen LogP contribution >= 0.6 is 0 Å². The van der Waals surface area contributed by atoms with Gasteiger partial charge in [0.15, 0.2) is 0 Å². The van der Waals surface area contributed by atoms with Gasteiger partial charge >= 0.3 is 0 Å². The van der Waals surface area contributed by atoms with Crippen LogP contribution in [0.1, 0.15) is 18.8 Å². The summed E-state index contributed by atoms with van der Waals surface area (Å²) in [7, 11) is 3.43. The second-order valence-corrected chi connectivity index (χ2v) is 8.97. The van der Waals surface area contributed by atoms with Crippen LogP contribution in [-0.4, -0.2) is 68.1 Å². The summed E-state index contributed by atoms with van der Waals surface area (Å²) in [5.74, 6) is 1.63. The average Bonchev–Trinajstić information content (AvgIpc) is 3.51. The Morgan fingerprint density at radius 2 is 1.89 bits per heavy atom. The molecule has 1 fully saturated rings. The van der Waals surface area contributed by atoms with Crippen LogP contribution in [0.25, 0.3) is 33.5 Å². The van der Waals surface area contributed by atoms with Gasteiger partial charge in [0.1, 0.15) is 34.0 Å². The number of methoxy groups -OCH3 is 1. The number of hydrogen-bond donors (Lipinski definition) is 3. The van der Waals surface area contributed by atoms with Gasteiger partial charge in [-0.05, 0) is 19.1 Å². The van der Waals surface area contributed by atoms with E-state index in [0.29, 0.717) is 58.4 Å². The molecule has 190 valence electrons. The number of aryl methyl sites for hydroxylation is 1. The average molecular weight is 502 g/mol. The molecule has 5 aromatic rings. The first-order valence-corrected chi connectivity index (χ1v) is 12.1. The van der Waals surface area contributed by atoms with Gasteiger partial charge in [0, 0.05) is 50.5 Å². The summed E-state index contributed by atoms with van der Waals surface area (Å²) >= 11 is 0. The number of ether oxygens (including phenoxy) is 2. The number of fused-ring (bicyclic) bond motifs is 2. The van der Waals surface area contributed by atoms with Gasteiger partial charge in [-0.2, -0.15) is 5.10 Å². The molecule has 0 saturated carbocycles. The number of nitrogens with one attached hydrogen (secondary N) is 3. The Bertz CT molecular complexity index is 1630. The summed E-state index contributed by atoms with van der Waals surface area (Å²) in [6.07, 6.45) is 5.14.